The van der Waals surface area contributed by atoms with Gasteiger partial charge in [0.2, 0.25) is 0 Å². The van der Waals surface area contributed by atoms with Gasteiger partial charge >= 0.3 is 5.97 Å². The number of esters is 1. The summed E-state index contributed by atoms with van der Waals surface area (Å²) in [4.78, 5) is 23.6. The first-order valence-corrected chi connectivity index (χ1v) is 7.34. The molecule has 2 aromatic carbocycles. The van der Waals surface area contributed by atoms with Crippen LogP contribution in [0, 0.1) is 6.92 Å². The van der Waals surface area contributed by atoms with Crippen LogP contribution in [0.4, 0.5) is 11.4 Å². The summed E-state index contributed by atoms with van der Waals surface area (Å²) in [6, 6.07) is 12.0. The third-order valence-corrected chi connectivity index (χ3v) is 3.85. The molecular weight excluding hydrogens is 348 g/mol. The normalized spacial score (nSPS) is 10.1. The summed E-state index contributed by atoms with van der Waals surface area (Å²) in [5.41, 5.74) is 7.87. The van der Waals surface area contributed by atoms with Gasteiger partial charge in [-0.2, -0.15) is 0 Å². The van der Waals surface area contributed by atoms with E-state index in [9.17, 15) is 9.59 Å². The highest BCUT2D eigenvalue weighted by molar-refractivity contribution is 9.10. The van der Waals surface area contributed by atoms with E-state index in [1.165, 1.54) is 0 Å². The lowest BCUT2D eigenvalue weighted by Gasteiger charge is -2.09. The molecule has 0 bridgehead atoms. The van der Waals surface area contributed by atoms with Crippen LogP contribution in [0.1, 0.15) is 15.9 Å². The second-order valence-corrected chi connectivity index (χ2v) is 5.53. The van der Waals surface area contributed by atoms with Crippen molar-refractivity contribution in [3.8, 4) is 0 Å². The Labute approximate surface area is 136 Å². The molecule has 0 fully saturated rings. The largest absolute Gasteiger partial charge is 0.452 e. The lowest BCUT2D eigenvalue weighted by atomic mass is 10.2. The van der Waals surface area contributed by atoms with Crippen LogP contribution in [0.2, 0.25) is 0 Å². The fourth-order valence-electron chi connectivity index (χ4n) is 1.81. The van der Waals surface area contributed by atoms with Crippen LogP contribution in [-0.2, 0) is 9.53 Å². The highest BCUT2D eigenvalue weighted by Crippen LogP contribution is 2.20. The number of para-hydroxylation sites is 1. The Hall–Kier alpha value is -2.34. The predicted molar refractivity (Wildman–Crippen MR) is 88.6 cm³/mol. The van der Waals surface area contributed by atoms with E-state index in [0.29, 0.717) is 11.4 Å². The van der Waals surface area contributed by atoms with E-state index in [1.807, 2.05) is 19.1 Å². The molecule has 0 spiro atoms. The van der Waals surface area contributed by atoms with Crippen LogP contribution in [-0.4, -0.2) is 18.5 Å². The zero-order chi connectivity index (χ0) is 16.1. The fourth-order valence-corrected chi connectivity index (χ4v) is 2.06. The molecular formula is C16H15BrN2O3. The Morgan fingerprint density at radius 3 is 2.64 bits per heavy atom. The van der Waals surface area contributed by atoms with Gasteiger partial charge in [0.1, 0.15) is 0 Å². The van der Waals surface area contributed by atoms with Crippen LogP contribution >= 0.6 is 15.9 Å². The van der Waals surface area contributed by atoms with E-state index in [4.69, 9.17) is 10.5 Å². The third-order valence-electron chi connectivity index (χ3n) is 2.96. The Morgan fingerprint density at radius 1 is 1.23 bits per heavy atom. The number of halogens is 1. The van der Waals surface area contributed by atoms with E-state index in [0.717, 1.165) is 10.0 Å². The van der Waals surface area contributed by atoms with Gasteiger partial charge in [-0.05, 0) is 42.8 Å². The standard InChI is InChI=1S/C16H15BrN2O3/c1-10-8-11(6-7-13(10)17)19-15(20)9-22-16(21)12-4-2-3-5-14(12)18/h2-8H,9,18H2,1H3,(H,19,20). The lowest BCUT2D eigenvalue weighted by Crippen LogP contribution is -2.21. The summed E-state index contributed by atoms with van der Waals surface area (Å²) in [6.07, 6.45) is 0. The van der Waals surface area contributed by atoms with Gasteiger partial charge in [0.05, 0.1) is 5.56 Å². The van der Waals surface area contributed by atoms with Crippen LogP contribution in [0.25, 0.3) is 0 Å². The molecule has 0 aliphatic heterocycles. The Morgan fingerprint density at radius 2 is 1.95 bits per heavy atom. The lowest BCUT2D eigenvalue weighted by molar-refractivity contribution is -0.119. The molecule has 0 saturated heterocycles. The molecule has 114 valence electrons. The van der Waals surface area contributed by atoms with Gasteiger partial charge in [-0.15, -0.1) is 0 Å². The molecule has 0 aliphatic rings. The minimum absolute atomic E-state index is 0.245. The minimum Gasteiger partial charge on any atom is -0.452 e. The van der Waals surface area contributed by atoms with Gasteiger partial charge in [-0.1, -0.05) is 28.1 Å². The average Bonchev–Trinajstić information content (AvgIpc) is 2.49. The number of ether oxygens (including phenoxy) is 1. The number of anilines is 2. The molecule has 0 heterocycles. The monoisotopic (exact) mass is 362 g/mol. The predicted octanol–water partition coefficient (Wildman–Crippen LogP) is 3.14. The molecule has 0 radical (unpaired) electrons. The maximum Gasteiger partial charge on any atom is 0.340 e. The topological polar surface area (TPSA) is 81.4 Å². The second kappa shape index (κ2) is 7.09. The number of carbonyl (C=O) groups is 2. The van der Waals surface area contributed by atoms with Crippen molar-refractivity contribution in [2.24, 2.45) is 0 Å². The molecule has 3 N–H and O–H groups in total. The molecule has 6 heteroatoms. The number of nitrogens with one attached hydrogen (secondary N) is 1. The molecule has 0 aliphatic carbocycles. The molecule has 0 unspecified atom stereocenters. The SMILES string of the molecule is Cc1cc(NC(=O)COC(=O)c2ccccc2N)ccc1Br. The zero-order valence-corrected chi connectivity index (χ0v) is 13.5. The number of amides is 1. The van der Waals surface area contributed by atoms with Crippen molar-refractivity contribution in [1.82, 2.24) is 0 Å². The van der Waals surface area contributed by atoms with Crippen molar-refractivity contribution in [3.05, 3.63) is 58.1 Å². The molecule has 0 atom stereocenters. The summed E-state index contributed by atoms with van der Waals surface area (Å²) in [5.74, 6) is -1.04. The first-order valence-electron chi connectivity index (χ1n) is 6.55. The quantitative estimate of drug-likeness (QED) is 0.646. The summed E-state index contributed by atoms with van der Waals surface area (Å²) in [5, 5.41) is 2.66. The number of nitrogens with two attached hydrogens (primary N) is 1. The van der Waals surface area contributed by atoms with Crippen LogP contribution in [0.3, 0.4) is 0 Å². The van der Waals surface area contributed by atoms with Gasteiger partial charge in [0, 0.05) is 15.8 Å². The van der Waals surface area contributed by atoms with Crippen molar-refractivity contribution in [2.75, 3.05) is 17.7 Å². The average molecular weight is 363 g/mol. The van der Waals surface area contributed by atoms with Gasteiger partial charge in [-0.25, -0.2) is 4.79 Å². The summed E-state index contributed by atoms with van der Waals surface area (Å²) in [7, 11) is 0. The Kier molecular flexibility index (Phi) is 5.16. The van der Waals surface area contributed by atoms with Crippen LogP contribution < -0.4 is 11.1 Å². The van der Waals surface area contributed by atoms with Gasteiger partial charge in [0.25, 0.3) is 5.91 Å². The van der Waals surface area contributed by atoms with Gasteiger partial charge in [-0.3, -0.25) is 4.79 Å². The number of nitrogen functional groups attached to an aromatic ring is 1. The number of aryl methyl sites for hydroxylation is 1. The summed E-state index contributed by atoms with van der Waals surface area (Å²) < 4.78 is 5.91. The fraction of sp³-hybridized carbons (Fsp3) is 0.125. The summed E-state index contributed by atoms with van der Waals surface area (Å²) >= 11 is 3.38. The first kappa shape index (κ1) is 16.0. The molecule has 5 nitrogen and oxygen atoms in total. The molecule has 0 saturated carbocycles. The second-order valence-electron chi connectivity index (χ2n) is 4.68. The molecule has 2 rings (SSSR count). The highest BCUT2D eigenvalue weighted by atomic mass is 79.9. The Bertz CT molecular complexity index is 716. The maximum absolute atomic E-state index is 11.8. The van der Waals surface area contributed by atoms with Crippen LogP contribution in [0.5, 0.6) is 0 Å². The smallest absolute Gasteiger partial charge is 0.340 e. The van der Waals surface area contributed by atoms with Crippen molar-refractivity contribution >= 4 is 39.2 Å². The number of hydrogen-bond donors (Lipinski definition) is 2. The van der Waals surface area contributed by atoms with E-state index >= 15 is 0 Å². The minimum atomic E-state index is -0.625. The molecule has 22 heavy (non-hydrogen) atoms. The van der Waals surface area contributed by atoms with Crippen molar-refractivity contribution in [3.63, 3.8) is 0 Å². The molecule has 2 aromatic rings. The van der Waals surface area contributed by atoms with Crippen LogP contribution in [0.15, 0.2) is 46.9 Å². The van der Waals surface area contributed by atoms with Gasteiger partial charge in [0.15, 0.2) is 6.61 Å². The van der Waals surface area contributed by atoms with E-state index < -0.39 is 11.9 Å². The highest BCUT2D eigenvalue weighted by Gasteiger charge is 2.12. The number of rotatable bonds is 4. The number of benzene rings is 2. The van der Waals surface area contributed by atoms with Crippen molar-refractivity contribution < 1.29 is 14.3 Å². The Balaban J connectivity index is 1.91. The number of carbonyl (C=O) groups excluding carboxylic acids is 2. The third kappa shape index (κ3) is 4.08. The first-order chi connectivity index (χ1) is 10.5. The van der Waals surface area contributed by atoms with E-state index in [-0.39, 0.29) is 12.2 Å². The van der Waals surface area contributed by atoms with Crippen molar-refractivity contribution in [2.45, 2.75) is 6.92 Å². The summed E-state index contributed by atoms with van der Waals surface area (Å²) in [6.45, 7) is 1.54. The zero-order valence-electron chi connectivity index (χ0n) is 11.9. The van der Waals surface area contributed by atoms with Crippen molar-refractivity contribution in [1.29, 1.82) is 0 Å². The van der Waals surface area contributed by atoms with Gasteiger partial charge < -0.3 is 15.8 Å². The maximum atomic E-state index is 11.8. The molecule has 0 aromatic heterocycles. The number of hydrogen-bond acceptors (Lipinski definition) is 4. The molecule has 1 amide bonds. The van der Waals surface area contributed by atoms with E-state index in [2.05, 4.69) is 21.2 Å². The van der Waals surface area contributed by atoms with E-state index in [1.54, 1.807) is 30.3 Å².